The number of hydrogen-bond donors (Lipinski definition) is 1. The lowest BCUT2D eigenvalue weighted by Crippen LogP contribution is -2.05. The second-order valence-electron chi connectivity index (χ2n) is 6.02. The highest BCUT2D eigenvalue weighted by molar-refractivity contribution is 5.79. The molecular formula is C19H19N5O. The van der Waals surface area contributed by atoms with Crippen LogP contribution in [-0.2, 0) is 7.05 Å². The molecule has 1 aromatic carbocycles. The molecule has 2 heterocycles. The molecule has 0 fully saturated rings. The number of aryl methyl sites for hydroxylation is 1. The van der Waals surface area contributed by atoms with Crippen molar-refractivity contribution in [2.75, 3.05) is 5.73 Å². The number of anilines is 1. The third kappa shape index (κ3) is 3.45. The van der Waals surface area contributed by atoms with Gasteiger partial charge in [-0.25, -0.2) is 4.98 Å². The van der Waals surface area contributed by atoms with E-state index in [0.717, 1.165) is 16.9 Å². The van der Waals surface area contributed by atoms with E-state index in [2.05, 4.69) is 16.2 Å². The van der Waals surface area contributed by atoms with Crippen LogP contribution in [0.3, 0.4) is 0 Å². The number of ether oxygens (including phenoxy) is 1. The Hall–Kier alpha value is -3.33. The fourth-order valence-electron chi connectivity index (χ4n) is 2.62. The molecule has 6 heteroatoms. The van der Waals surface area contributed by atoms with Crippen molar-refractivity contribution >= 4 is 5.82 Å². The summed E-state index contributed by atoms with van der Waals surface area (Å²) in [5.74, 6) is 0.967. The van der Waals surface area contributed by atoms with E-state index in [4.69, 9.17) is 10.5 Å². The molecule has 0 bridgehead atoms. The van der Waals surface area contributed by atoms with Crippen molar-refractivity contribution in [3.63, 3.8) is 0 Å². The molecule has 0 aliphatic rings. The van der Waals surface area contributed by atoms with Gasteiger partial charge in [0.15, 0.2) is 0 Å². The van der Waals surface area contributed by atoms with Crippen LogP contribution in [0.15, 0.2) is 42.7 Å². The molecule has 0 aliphatic heterocycles. The van der Waals surface area contributed by atoms with Gasteiger partial charge in [0.1, 0.15) is 23.2 Å². The van der Waals surface area contributed by atoms with Crippen LogP contribution in [0.2, 0.25) is 0 Å². The number of nitriles is 1. The molecule has 0 spiro atoms. The van der Waals surface area contributed by atoms with E-state index in [1.165, 1.54) is 0 Å². The topological polar surface area (TPSA) is 89.8 Å². The largest absolute Gasteiger partial charge is 0.491 e. The number of nitrogen functional groups attached to an aromatic ring is 1. The monoisotopic (exact) mass is 333 g/mol. The zero-order valence-corrected chi connectivity index (χ0v) is 14.4. The van der Waals surface area contributed by atoms with Crippen molar-refractivity contribution in [1.29, 1.82) is 5.26 Å². The zero-order chi connectivity index (χ0) is 18.0. The third-order valence-electron chi connectivity index (χ3n) is 3.68. The van der Waals surface area contributed by atoms with E-state index in [1.54, 1.807) is 10.9 Å². The molecule has 0 amide bonds. The van der Waals surface area contributed by atoms with Crippen LogP contribution in [0, 0.1) is 11.3 Å². The molecule has 0 unspecified atom stereocenters. The molecule has 0 aliphatic carbocycles. The van der Waals surface area contributed by atoms with Crippen LogP contribution >= 0.6 is 0 Å². The number of hydrogen-bond acceptors (Lipinski definition) is 5. The molecule has 2 N–H and O–H groups in total. The Morgan fingerprint density at radius 2 is 2.04 bits per heavy atom. The third-order valence-corrected chi connectivity index (χ3v) is 3.68. The molecule has 0 atom stereocenters. The molecule has 0 saturated heterocycles. The average molecular weight is 333 g/mol. The Labute approximate surface area is 146 Å². The minimum Gasteiger partial charge on any atom is -0.491 e. The van der Waals surface area contributed by atoms with Crippen molar-refractivity contribution in [3.8, 4) is 34.2 Å². The minimum absolute atomic E-state index is 0.0835. The quantitative estimate of drug-likeness (QED) is 0.790. The van der Waals surface area contributed by atoms with Crippen LogP contribution in [0.25, 0.3) is 22.4 Å². The molecule has 0 saturated carbocycles. The van der Waals surface area contributed by atoms with E-state index in [9.17, 15) is 5.26 Å². The number of benzene rings is 1. The summed E-state index contributed by atoms with van der Waals surface area (Å²) in [6.07, 6.45) is 3.63. The first-order valence-corrected chi connectivity index (χ1v) is 7.94. The van der Waals surface area contributed by atoms with E-state index < -0.39 is 0 Å². The van der Waals surface area contributed by atoms with Crippen molar-refractivity contribution < 1.29 is 4.74 Å². The summed E-state index contributed by atoms with van der Waals surface area (Å²) in [4.78, 5) is 4.40. The molecule has 25 heavy (non-hydrogen) atoms. The maximum absolute atomic E-state index is 9.45. The van der Waals surface area contributed by atoms with Crippen LogP contribution in [-0.4, -0.2) is 20.9 Å². The van der Waals surface area contributed by atoms with E-state index in [0.29, 0.717) is 16.8 Å². The van der Waals surface area contributed by atoms with Crippen LogP contribution in [0.1, 0.15) is 19.4 Å². The summed E-state index contributed by atoms with van der Waals surface area (Å²) in [6, 6.07) is 11.7. The first-order valence-electron chi connectivity index (χ1n) is 7.94. The van der Waals surface area contributed by atoms with Crippen LogP contribution in [0.4, 0.5) is 5.82 Å². The standard InChI is InChI=1S/C19H19N5O/c1-12(2)25-15-6-4-5-13(7-15)18-8-16(14-10-22-24(3)11-14)17(9-20)19(21)23-18/h4-8,10-12H,1-3H3,(H2,21,23). The van der Waals surface area contributed by atoms with Gasteiger partial charge in [-0.15, -0.1) is 0 Å². The van der Waals surface area contributed by atoms with E-state index in [1.807, 2.05) is 57.4 Å². The number of aromatic nitrogens is 3. The SMILES string of the molecule is CC(C)Oc1cccc(-c2cc(-c3cnn(C)c3)c(C#N)c(N)n2)c1. The van der Waals surface area contributed by atoms with Crippen LogP contribution in [0.5, 0.6) is 5.75 Å². The van der Waals surface area contributed by atoms with Crippen molar-refractivity contribution in [2.45, 2.75) is 20.0 Å². The second-order valence-corrected chi connectivity index (χ2v) is 6.02. The normalized spacial score (nSPS) is 10.7. The van der Waals surface area contributed by atoms with E-state index >= 15 is 0 Å². The molecule has 0 radical (unpaired) electrons. The zero-order valence-electron chi connectivity index (χ0n) is 14.4. The summed E-state index contributed by atoms with van der Waals surface area (Å²) in [5, 5.41) is 13.6. The molecular weight excluding hydrogens is 314 g/mol. The highest BCUT2D eigenvalue weighted by atomic mass is 16.5. The fourth-order valence-corrected chi connectivity index (χ4v) is 2.62. The Morgan fingerprint density at radius 1 is 1.24 bits per heavy atom. The van der Waals surface area contributed by atoms with Gasteiger partial charge < -0.3 is 10.5 Å². The minimum atomic E-state index is 0.0835. The first-order chi connectivity index (χ1) is 12.0. The lowest BCUT2D eigenvalue weighted by atomic mass is 10.0. The van der Waals surface area contributed by atoms with Gasteiger partial charge in [-0.2, -0.15) is 10.4 Å². The van der Waals surface area contributed by atoms with Gasteiger partial charge in [-0.3, -0.25) is 4.68 Å². The van der Waals surface area contributed by atoms with Gasteiger partial charge >= 0.3 is 0 Å². The number of rotatable bonds is 4. The summed E-state index contributed by atoms with van der Waals surface area (Å²) < 4.78 is 7.43. The second kappa shape index (κ2) is 6.65. The van der Waals surface area contributed by atoms with Gasteiger partial charge in [0.25, 0.3) is 0 Å². The van der Waals surface area contributed by atoms with Gasteiger partial charge in [-0.1, -0.05) is 12.1 Å². The summed E-state index contributed by atoms with van der Waals surface area (Å²) in [7, 11) is 1.83. The maximum atomic E-state index is 9.45. The van der Waals surface area contributed by atoms with Crippen molar-refractivity contribution in [2.24, 2.45) is 7.05 Å². The number of pyridine rings is 1. The summed E-state index contributed by atoms with van der Waals surface area (Å²) in [5.41, 5.74) is 9.49. The van der Waals surface area contributed by atoms with Gasteiger partial charge in [0.05, 0.1) is 18.0 Å². The van der Waals surface area contributed by atoms with Crippen LogP contribution < -0.4 is 10.5 Å². The maximum Gasteiger partial charge on any atom is 0.142 e. The van der Waals surface area contributed by atoms with Crippen molar-refractivity contribution in [1.82, 2.24) is 14.8 Å². The summed E-state index contributed by atoms with van der Waals surface area (Å²) in [6.45, 7) is 3.95. The first kappa shape index (κ1) is 16.5. The van der Waals surface area contributed by atoms with E-state index in [-0.39, 0.29) is 11.9 Å². The molecule has 3 aromatic rings. The number of nitrogens with two attached hydrogens (primary N) is 1. The predicted octanol–water partition coefficient (Wildman–Crippen LogP) is 3.39. The fraction of sp³-hybridized carbons (Fsp3) is 0.211. The van der Waals surface area contributed by atoms with Gasteiger partial charge in [-0.05, 0) is 32.0 Å². The molecule has 6 nitrogen and oxygen atoms in total. The molecule has 3 rings (SSSR count). The predicted molar refractivity (Wildman–Crippen MR) is 96.8 cm³/mol. The Kier molecular flexibility index (Phi) is 4.40. The molecule has 2 aromatic heterocycles. The molecule has 126 valence electrons. The lowest BCUT2D eigenvalue weighted by Gasteiger charge is -2.12. The summed E-state index contributed by atoms with van der Waals surface area (Å²) >= 11 is 0. The smallest absolute Gasteiger partial charge is 0.142 e. The van der Waals surface area contributed by atoms with Gasteiger partial charge in [0.2, 0.25) is 0 Å². The lowest BCUT2D eigenvalue weighted by molar-refractivity contribution is 0.242. The Morgan fingerprint density at radius 3 is 2.68 bits per heavy atom. The van der Waals surface area contributed by atoms with Gasteiger partial charge in [0, 0.05) is 29.9 Å². The Bertz CT molecular complexity index is 953. The highest BCUT2D eigenvalue weighted by Crippen LogP contribution is 2.32. The Balaban J connectivity index is 2.12. The highest BCUT2D eigenvalue weighted by Gasteiger charge is 2.15. The average Bonchev–Trinajstić information content (AvgIpc) is 3.00. The van der Waals surface area contributed by atoms with Crippen molar-refractivity contribution in [3.05, 3.63) is 48.3 Å². The number of nitrogens with zero attached hydrogens (tertiary/aromatic N) is 4.